The van der Waals surface area contributed by atoms with Crippen LogP contribution in [0.25, 0.3) is 0 Å². The highest BCUT2D eigenvalue weighted by Gasteiger charge is 2.33. The van der Waals surface area contributed by atoms with E-state index >= 15 is 0 Å². The molecule has 1 atom stereocenters. The molecular weight excluding hydrogens is 274 g/mol. The van der Waals surface area contributed by atoms with E-state index in [9.17, 15) is 17.6 Å². The van der Waals surface area contributed by atoms with Gasteiger partial charge in [-0.15, -0.1) is 0 Å². The van der Waals surface area contributed by atoms with Gasteiger partial charge in [-0.1, -0.05) is 13.0 Å². The number of alkyl halides is 3. The maximum atomic E-state index is 12.9. The molecule has 1 aromatic rings. The second-order valence-corrected chi connectivity index (χ2v) is 4.91. The topological polar surface area (TPSA) is 32.3 Å². The highest BCUT2D eigenvalue weighted by Crippen LogP contribution is 2.32. The molecule has 1 rings (SSSR count). The quantitative estimate of drug-likeness (QED) is 0.597. The molecule has 0 aromatic heterocycles. The summed E-state index contributed by atoms with van der Waals surface area (Å²) in [6.45, 7) is 2.61. The van der Waals surface area contributed by atoms with Gasteiger partial charge in [0.05, 0.1) is 5.56 Å². The van der Waals surface area contributed by atoms with Gasteiger partial charge in [-0.05, 0) is 43.0 Å². The fourth-order valence-electron chi connectivity index (χ4n) is 1.86. The van der Waals surface area contributed by atoms with E-state index in [-0.39, 0.29) is 24.6 Å². The zero-order valence-corrected chi connectivity index (χ0v) is 11.3. The van der Waals surface area contributed by atoms with Crippen molar-refractivity contribution in [1.29, 1.82) is 0 Å². The highest BCUT2D eigenvalue weighted by molar-refractivity contribution is 5.30. The molecule has 0 saturated heterocycles. The van der Waals surface area contributed by atoms with Gasteiger partial charge in [0.15, 0.2) is 0 Å². The summed E-state index contributed by atoms with van der Waals surface area (Å²) in [6, 6.07) is 2.70. The third kappa shape index (κ3) is 5.46. The minimum absolute atomic E-state index is 0.0362. The molecule has 0 aliphatic heterocycles. The van der Waals surface area contributed by atoms with Gasteiger partial charge in [0.1, 0.15) is 5.82 Å². The molecule has 20 heavy (non-hydrogen) atoms. The van der Waals surface area contributed by atoms with E-state index in [1.54, 1.807) is 0 Å². The molecule has 2 nitrogen and oxygen atoms in total. The summed E-state index contributed by atoms with van der Waals surface area (Å²) in [4.78, 5) is 0. The lowest BCUT2D eigenvalue weighted by molar-refractivity contribution is -0.138. The van der Waals surface area contributed by atoms with Gasteiger partial charge in [0.2, 0.25) is 0 Å². The van der Waals surface area contributed by atoms with Crippen LogP contribution in [0.15, 0.2) is 18.2 Å². The van der Waals surface area contributed by atoms with Gasteiger partial charge >= 0.3 is 6.18 Å². The number of aliphatic hydroxyl groups is 1. The van der Waals surface area contributed by atoms with Crippen molar-refractivity contribution in [2.24, 2.45) is 5.92 Å². The fourth-order valence-corrected chi connectivity index (χ4v) is 1.86. The summed E-state index contributed by atoms with van der Waals surface area (Å²) in [5, 5.41) is 11.7. The van der Waals surface area contributed by atoms with E-state index in [2.05, 4.69) is 5.32 Å². The maximum absolute atomic E-state index is 12.9. The van der Waals surface area contributed by atoms with Gasteiger partial charge in [-0.3, -0.25) is 0 Å². The number of rotatable bonds is 7. The third-order valence-corrected chi connectivity index (χ3v) is 3.05. The summed E-state index contributed by atoms with van der Waals surface area (Å²) >= 11 is 0. The van der Waals surface area contributed by atoms with Crippen LogP contribution in [0, 0.1) is 11.7 Å². The first-order chi connectivity index (χ1) is 9.34. The molecular formula is C14H19F4NO. The minimum atomic E-state index is -4.55. The molecule has 0 fully saturated rings. The van der Waals surface area contributed by atoms with Gasteiger partial charge in [0, 0.05) is 13.2 Å². The normalized spacial score (nSPS) is 13.5. The molecule has 0 amide bonds. The van der Waals surface area contributed by atoms with E-state index in [0.29, 0.717) is 12.6 Å². The zero-order valence-electron chi connectivity index (χ0n) is 11.3. The third-order valence-electron chi connectivity index (χ3n) is 3.05. The number of nitrogens with one attached hydrogen (secondary N) is 1. The van der Waals surface area contributed by atoms with Gasteiger partial charge < -0.3 is 10.4 Å². The van der Waals surface area contributed by atoms with Crippen molar-refractivity contribution < 1.29 is 22.7 Å². The molecule has 0 aliphatic rings. The van der Waals surface area contributed by atoms with E-state index in [0.717, 1.165) is 25.0 Å². The number of aliphatic hydroxyl groups excluding tert-OH is 1. The first-order valence-electron chi connectivity index (χ1n) is 6.51. The number of hydrogen-bond donors (Lipinski definition) is 2. The Labute approximate surface area is 115 Å². The van der Waals surface area contributed by atoms with Crippen molar-refractivity contribution in [3.63, 3.8) is 0 Å². The molecule has 6 heteroatoms. The summed E-state index contributed by atoms with van der Waals surface area (Å²) < 4.78 is 51.1. The summed E-state index contributed by atoms with van der Waals surface area (Å²) in [5.41, 5.74) is -0.900. The Morgan fingerprint density at radius 2 is 2.00 bits per heavy atom. The van der Waals surface area contributed by atoms with Crippen LogP contribution in [0.1, 0.15) is 30.9 Å². The van der Waals surface area contributed by atoms with Crippen molar-refractivity contribution in [3.05, 3.63) is 35.1 Å². The Morgan fingerprint density at radius 1 is 1.30 bits per heavy atom. The lowest BCUT2D eigenvalue weighted by atomic mass is 10.1. The van der Waals surface area contributed by atoms with E-state index in [1.165, 1.54) is 0 Å². The van der Waals surface area contributed by atoms with E-state index < -0.39 is 17.6 Å². The smallest absolute Gasteiger partial charge is 0.396 e. The van der Waals surface area contributed by atoms with Crippen LogP contribution >= 0.6 is 0 Å². The van der Waals surface area contributed by atoms with Crippen LogP contribution in [-0.2, 0) is 12.7 Å². The number of hydrogen-bond acceptors (Lipinski definition) is 2. The molecule has 0 saturated carbocycles. The standard InChI is InChI=1S/C14H19F4NO/c1-10(9-20)3-2-6-19-8-11-4-5-12(15)7-13(11)14(16,17)18/h4-5,7,10,19-20H,2-3,6,8-9H2,1H3. The Morgan fingerprint density at radius 3 is 2.60 bits per heavy atom. The molecule has 0 spiro atoms. The van der Waals surface area contributed by atoms with Gasteiger partial charge in [-0.2, -0.15) is 13.2 Å². The lowest BCUT2D eigenvalue weighted by Gasteiger charge is -2.14. The Hall–Kier alpha value is -1.14. The average molecular weight is 293 g/mol. The maximum Gasteiger partial charge on any atom is 0.416 e. The molecule has 0 bridgehead atoms. The largest absolute Gasteiger partial charge is 0.416 e. The highest BCUT2D eigenvalue weighted by atomic mass is 19.4. The number of benzene rings is 1. The Balaban J connectivity index is 2.52. The van der Waals surface area contributed by atoms with Crippen molar-refractivity contribution in [2.45, 2.75) is 32.5 Å². The second-order valence-electron chi connectivity index (χ2n) is 4.91. The van der Waals surface area contributed by atoms with Gasteiger partial charge in [-0.25, -0.2) is 4.39 Å². The van der Waals surface area contributed by atoms with Crippen molar-refractivity contribution in [2.75, 3.05) is 13.2 Å². The Kier molecular flexibility index (Phi) is 6.42. The minimum Gasteiger partial charge on any atom is -0.396 e. The van der Waals surface area contributed by atoms with Crippen LogP contribution in [-0.4, -0.2) is 18.3 Å². The molecule has 0 heterocycles. The number of halogens is 4. The van der Waals surface area contributed by atoms with Crippen LogP contribution < -0.4 is 5.32 Å². The average Bonchev–Trinajstić information content (AvgIpc) is 2.38. The zero-order chi connectivity index (χ0) is 15.2. The SMILES string of the molecule is CC(CO)CCCNCc1ccc(F)cc1C(F)(F)F. The van der Waals surface area contributed by atoms with Crippen molar-refractivity contribution in [3.8, 4) is 0 Å². The summed E-state index contributed by atoms with van der Waals surface area (Å²) in [6.07, 6.45) is -2.98. The second kappa shape index (κ2) is 7.59. The molecule has 0 radical (unpaired) electrons. The van der Waals surface area contributed by atoms with Crippen molar-refractivity contribution >= 4 is 0 Å². The molecule has 2 N–H and O–H groups in total. The van der Waals surface area contributed by atoms with Crippen LogP contribution in [0.5, 0.6) is 0 Å². The fraction of sp³-hybridized carbons (Fsp3) is 0.571. The predicted octanol–water partition coefficient (Wildman–Crippen LogP) is 3.34. The lowest BCUT2D eigenvalue weighted by Crippen LogP contribution is -2.19. The first kappa shape index (κ1) is 16.9. The van der Waals surface area contributed by atoms with Crippen molar-refractivity contribution in [1.82, 2.24) is 5.32 Å². The molecule has 1 aromatic carbocycles. The summed E-state index contributed by atoms with van der Waals surface area (Å²) in [7, 11) is 0. The molecule has 114 valence electrons. The molecule has 1 unspecified atom stereocenters. The van der Waals surface area contributed by atoms with Crippen LogP contribution in [0.3, 0.4) is 0 Å². The predicted molar refractivity (Wildman–Crippen MR) is 68.6 cm³/mol. The Bertz CT molecular complexity index is 420. The summed E-state index contributed by atoms with van der Waals surface area (Å²) in [5.74, 6) is -0.703. The van der Waals surface area contributed by atoms with Crippen LogP contribution in [0.2, 0.25) is 0 Å². The molecule has 0 aliphatic carbocycles. The first-order valence-corrected chi connectivity index (χ1v) is 6.51. The van der Waals surface area contributed by atoms with Crippen LogP contribution in [0.4, 0.5) is 17.6 Å². The van der Waals surface area contributed by atoms with E-state index in [1.807, 2.05) is 6.92 Å². The monoisotopic (exact) mass is 293 g/mol. The van der Waals surface area contributed by atoms with Gasteiger partial charge in [0.25, 0.3) is 0 Å². The van der Waals surface area contributed by atoms with E-state index in [4.69, 9.17) is 5.11 Å².